The molecule has 0 saturated carbocycles. The fourth-order valence-corrected chi connectivity index (χ4v) is 1.85. The fourth-order valence-electron chi connectivity index (χ4n) is 1.85. The molecular weight excluding hydrogens is 232 g/mol. The summed E-state index contributed by atoms with van der Waals surface area (Å²) in [5.41, 5.74) is 0. The van der Waals surface area contributed by atoms with E-state index in [1.54, 1.807) is 0 Å². The predicted octanol–water partition coefficient (Wildman–Crippen LogP) is 4.89. The van der Waals surface area contributed by atoms with E-state index >= 15 is 0 Å². The molecule has 19 heavy (non-hydrogen) atoms. The van der Waals surface area contributed by atoms with Gasteiger partial charge in [0, 0.05) is 6.04 Å². The van der Waals surface area contributed by atoms with Gasteiger partial charge in [0.1, 0.15) is 0 Å². The van der Waals surface area contributed by atoms with Gasteiger partial charge < -0.3 is 9.80 Å². The third-order valence-corrected chi connectivity index (χ3v) is 3.34. The highest BCUT2D eigenvalue weighted by molar-refractivity contribution is 4.68. The number of hydrogen-bond acceptors (Lipinski definition) is 2. The molecule has 2 nitrogen and oxygen atoms in total. The van der Waals surface area contributed by atoms with E-state index in [0.29, 0.717) is 0 Å². The molecule has 1 atom stereocenters. The lowest BCUT2D eigenvalue weighted by atomic mass is 10.1. The maximum absolute atomic E-state index is 2.53. The Morgan fingerprint density at radius 1 is 0.842 bits per heavy atom. The number of unbranched alkanes of at least 4 members (excludes halogenated alkanes) is 1. The van der Waals surface area contributed by atoms with Gasteiger partial charge in [-0.2, -0.15) is 0 Å². The molecule has 0 aliphatic carbocycles. The average Bonchev–Trinajstić information content (AvgIpc) is 2.49. The van der Waals surface area contributed by atoms with Crippen LogP contribution in [-0.4, -0.2) is 49.6 Å². The molecule has 0 spiro atoms. The Bertz CT molecular complexity index is 137. The average molecular weight is 275 g/mol. The van der Waals surface area contributed by atoms with E-state index in [9.17, 15) is 0 Å². The lowest BCUT2D eigenvalue weighted by Gasteiger charge is -2.28. The summed E-state index contributed by atoms with van der Waals surface area (Å²) in [5, 5.41) is 0. The van der Waals surface area contributed by atoms with E-state index in [4.69, 9.17) is 0 Å². The van der Waals surface area contributed by atoms with Gasteiger partial charge in [0.05, 0.1) is 0 Å². The lowest BCUT2D eigenvalue weighted by molar-refractivity contribution is 0.199. The molecule has 120 valence electrons. The Labute approximate surface area is 124 Å². The zero-order valence-corrected chi connectivity index (χ0v) is 15.4. The van der Waals surface area contributed by atoms with Crippen LogP contribution >= 0.6 is 0 Å². The third-order valence-electron chi connectivity index (χ3n) is 3.34. The van der Waals surface area contributed by atoms with Gasteiger partial charge in [-0.05, 0) is 53.0 Å². The summed E-state index contributed by atoms with van der Waals surface area (Å²) in [6, 6.07) is 0.769. The van der Waals surface area contributed by atoms with Gasteiger partial charge in [0.2, 0.25) is 0 Å². The van der Waals surface area contributed by atoms with Crippen molar-refractivity contribution >= 4 is 0 Å². The lowest BCUT2D eigenvalue weighted by Crippen LogP contribution is -2.35. The summed E-state index contributed by atoms with van der Waals surface area (Å²) in [6.07, 6.45) is 5.21. The van der Waals surface area contributed by atoms with Gasteiger partial charge in [0.25, 0.3) is 0 Å². The van der Waals surface area contributed by atoms with E-state index in [0.717, 1.165) is 12.6 Å². The molecule has 0 rings (SSSR count). The molecule has 2 heteroatoms. The SMILES string of the molecule is CC.CC.CCCCN(C)C(CC)CCN(C)CC. The van der Waals surface area contributed by atoms with E-state index in [1.807, 2.05) is 27.7 Å². The highest BCUT2D eigenvalue weighted by Crippen LogP contribution is 2.08. The smallest absolute Gasteiger partial charge is 0.0102 e. The van der Waals surface area contributed by atoms with Gasteiger partial charge >= 0.3 is 0 Å². The molecule has 0 aromatic rings. The first-order chi connectivity index (χ1) is 9.15. The quantitative estimate of drug-likeness (QED) is 0.590. The Hall–Kier alpha value is -0.0800. The first-order valence-electron chi connectivity index (χ1n) is 8.54. The van der Waals surface area contributed by atoms with Crippen molar-refractivity contribution in [1.82, 2.24) is 9.80 Å². The Morgan fingerprint density at radius 3 is 1.74 bits per heavy atom. The van der Waals surface area contributed by atoms with Crippen molar-refractivity contribution in [3.8, 4) is 0 Å². The highest BCUT2D eigenvalue weighted by atomic mass is 15.1. The van der Waals surface area contributed by atoms with E-state index in [2.05, 4.69) is 44.7 Å². The molecule has 0 fully saturated rings. The van der Waals surface area contributed by atoms with E-state index in [1.165, 1.54) is 38.8 Å². The Morgan fingerprint density at radius 2 is 1.37 bits per heavy atom. The van der Waals surface area contributed by atoms with Gasteiger partial charge in [-0.3, -0.25) is 0 Å². The monoisotopic (exact) mass is 274 g/mol. The maximum Gasteiger partial charge on any atom is 0.0102 e. The molecule has 0 N–H and O–H groups in total. The standard InChI is InChI=1S/C13H30N2.2C2H6/c1-6-9-11-15(5)13(7-2)10-12-14(4)8-3;2*1-2/h13H,6-12H2,1-5H3;2*1-2H3. The van der Waals surface area contributed by atoms with Crippen molar-refractivity contribution in [1.29, 1.82) is 0 Å². The summed E-state index contributed by atoms with van der Waals surface area (Å²) in [7, 11) is 4.48. The van der Waals surface area contributed by atoms with Crippen molar-refractivity contribution in [2.45, 2.75) is 80.2 Å². The molecule has 0 saturated heterocycles. The van der Waals surface area contributed by atoms with Crippen LogP contribution in [0.2, 0.25) is 0 Å². The van der Waals surface area contributed by atoms with Crippen LogP contribution in [0.3, 0.4) is 0 Å². The Kier molecular flexibility index (Phi) is 25.5. The van der Waals surface area contributed by atoms with Crippen molar-refractivity contribution < 1.29 is 0 Å². The van der Waals surface area contributed by atoms with Crippen LogP contribution < -0.4 is 0 Å². The van der Waals surface area contributed by atoms with Crippen molar-refractivity contribution in [3.05, 3.63) is 0 Å². The largest absolute Gasteiger partial charge is 0.307 e. The highest BCUT2D eigenvalue weighted by Gasteiger charge is 2.12. The van der Waals surface area contributed by atoms with Crippen LogP contribution in [0, 0.1) is 0 Å². The van der Waals surface area contributed by atoms with Crippen LogP contribution in [0.4, 0.5) is 0 Å². The van der Waals surface area contributed by atoms with Crippen molar-refractivity contribution in [2.75, 3.05) is 33.7 Å². The molecular formula is C17H42N2. The first kappa shape index (κ1) is 24.0. The number of hydrogen-bond donors (Lipinski definition) is 0. The normalized spacial score (nSPS) is 11.5. The van der Waals surface area contributed by atoms with Gasteiger partial charge in [-0.25, -0.2) is 0 Å². The second-order valence-corrected chi connectivity index (χ2v) is 4.58. The van der Waals surface area contributed by atoms with Gasteiger partial charge in [-0.15, -0.1) is 0 Å². The molecule has 0 heterocycles. The molecule has 0 aliphatic heterocycles. The minimum Gasteiger partial charge on any atom is -0.307 e. The van der Waals surface area contributed by atoms with Crippen LogP contribution in [0.1, 0.15) is 74.1 Å². The van der Waals surface area contributed by atoms with E-state index < -0.39 is 0 Å². The van der Waals surface area contributed by atoms with E-state index in [-0.39, 0.29) is 0 Å². The summed E-state index contributed by atoms with van der Waals surface area (Å²) >= 11 is 0. The third kappa shape index (κ3) is 15.9. The molecule has 0 aromatic heterocycles. The van der Waals surface area contributed by atoms with Crippen molar-refractivity contribution in [3.63, 3.8) is 0 Å². The zero-order chi connectivity index (χ0) is 15.7. The molecule has 0 bridgehead atoms. The van der Waals surface area contributed by atoms with Crippen LogP contribution in [0.5, 0.6) is 0 Å². The molecule has 0 radical (unpaired) electrons. The molecule has 0 amide bonds. The van der Waals surface area contributed by atoms with Gasteiger partial charge in [0.15, 0.2) is 0 Å². The molecule has 1 unspecified atom stereocenters. The predicted molar refractivity (Wildman–Crippen MR) is 92.1 cm³/mol. The summed E-state index contributed by atoms with van der Waals surface area (Å²) in [4.78, 5) is 4.93. The minimum atomic E-state index is 0.769. The Balaban J connectivity index is -0.000000579. The number of rotatable bonds is 9. The summed E-state index contributed by atoms with van der Waals surface area (Å²) < 4.78 is 0. The summed E-state index contributed by atoms with van der Waals surface area (Å²) in [6.45, 7) is 18.4. The second kappa shape index (κ2) is 20.2. The second-order valence-electron chi connectivity index (χ2n) is 4.58. The number of nitrogens with zero attached hydrogens (tertiary/aromatic N) is 2. The maximum atomic E-state index is 2.53. The van der Waals surface area contributed by atoms with Crippen molar-refractivity contribution in [2.24, 2.45) is 0 Å². The first-order valence-corrected chi connectivity index (χ1v) is 8.54. The summed E-state index contributed by atoms with van der Waals surface area (Å²) in [5.74, 6) is 0. The van der Waals surface area contributed by atoms with Crippen LogP contribution in [0.25, 0.3) is 0 Å². The topological polar surface area (TPSA) is 6.48 Å². The minimum absolute atomic E-state index is 0.769. The zero-order valence-electron chi connectivity index (χ0n) is 15.4. The molecule has 0 aromatic carbocycles. The van der Waals surface area contributed by atoms with Crippen LogP contribution in [-0.2, 0) is 0 Å². The fraction of sp³-hybridized carbons (Fsp3) is 1.00. The van der Waals surface area contributed by atoms with Gasteiger partial charge in [-0.1, -0.05) is 54.9 Å². The molecule has 0 aliphatic rings. The van der Waals surface area contributed by atoms with Crippen LogP contribution in [0.15, 0.2) is 0 Å².